The van der Waals surface area contributed by atoms with Crippen LogP contribution in [-0.2, 0) is 9.31 Å². The minimum Gasteiger partial charge on any atom is -0.399 e. The van der Waals surface area contributed by atoms with E-state index in [4.69, 9.17) is 9.31 Å². The van der Waals surface area contributed by atoms with Crippen molar-refractivity contribution in [1.29, 1.82) is 0 Å². The van der Waals surface area contributed by atoms with Gasteiger partial charge >= 0.3 is 14.1 Å². The summed E-state index contributed by atoms with van der Waals surface area (Å²) in [5.41, 5.74) is 6.08. The van der Waals surface area contributed by atoms with Crippen molar-refractivity contribution in [1.82, 2.24) is 0 Å². The van der Waals surface area contributed by atoms with E-state index in [1.54, 1.807) is 0 Å². The lowest BCUT2D eigenvalue weighted by atomic mass is 9.54. The molecule has 0 saturated carbocycles. The molecule has 0 radical (unpaired) electrons. The van der Waals surface area contributed by atoms with Gasteiger partial charge in [0.05, 0.1) is 11.2 Å². The normalized spacial score (nSPS) is 19.4. The molecule has 0 aliphatic carbocycles. The van der Waals surface area contributed by atoms with E-state index in [1.165, 1.54) is 16.8 Å². The lowest BCUT2D eigenvalue weighted by molar-refractivity contribution is 0.00578. The molecule has 5 rings (SSSR count). The first-order valence-corrected chi connectivity index (χ1v) is 12.0. The van der Waals surface area contributed by atoms with Gasteiger partial charge in [-0.25, -0.2) is 0 Å². The van der Waals surface area contributed by atoms with Crippen molar-refractivity contribution in [3.8, 4) is 0 Å². The average Bonchev–Trinajstić information content (AvgIpc) is 3.20. The molecule has 1 saturated heterocycles. The molecule has 34 heavy (non-hydrogen) atoms. The zero-order chi connectivity index (χ0) is 24.1. The molecular weight excluding hydrogens is 418 g/mol. The predicted octanol–water partition coefficient (Wildman–Crippen LogP) is 5.84. The number of hydrogen-bond donors (Lipinski definition) is 0. The zero-order valence-corrected chi connectivity index (χ0v) is 20.9. The topological polar surface area (TPSA) is 24.9 Å². The van der Waals surface area contributed by atoms with Crippen LogP contribution in [0.3, 0.4) is 0 Å². The van der Waals surface area contributed by atoms with Crippen LogP contribution in [-0.4, -0.2) is 39.4 Å². The third kappa shape index (κ3) is 3.66. The number of rotatable bonds is 4. The fourth-order valence-electron chi connectivity index (χ4n) is 5.03. The Kier molecular flexibility index (Phi) is 5.62. The van der Waals surface area contributed by atoms with Gasteiger partial charge in [0, 0.05) is 11.4 Å². The largest absolute Gasteiger partial charge is 0.495 e. The minimum absolute atomic E-state index is 0.0194. The van der Waals surface area contributed by atoms with E-state index in [1.807, 2.05) is 0 Å². The molecule has 2 aliphatic rings. The number of nitrogens with zero attached hydrogens (tertiary/aromatic N) is 2. The summed E-state index contributed by atoms with van der Waals surface area (Å²) in [5.74, 6) is 0. The van der Waals surface area contributed by atoms with Crippen LogP contribution in [0.1, 0.15) is 38.8 Å². The van der Waals surface area contributed by atoms with E-state index in [2.05, 4.69) is 136 Å². The van der Waals surface area contributed by atoms with Gasteiger partial charge in [0.2, 0.25) is 0 Å². The zero-order valence-electron chi connectivity index (χ0n) is 20.9. The Bertz CT molecular complexity index is 1170. The van der Waals surface area contributed by atoms with Crippen molar-refractivity contribution in [2.24, 2.45) is 0 Å². The molecule has 0 amide bonds. The fraction of sp³-hybridized carbons (Fsp3) is 0.286. The number of hydrogen-bond acceptors (Lipinski definition) is 4. The first-order valence-electron chi connectivity index (χ1n) is 12.0. The van der Waals surface area contributed by atoms with Gasteiger partial charge in [-0.05, 0) is 76.0 Å². The molecule has 0 unspecified atom stereocenters. The first kappa shape index (κ1) is 22.8. The second kappa shape index (κ2) is 8.37. The molecule has 2 heterocycles. The maximum Gasteiger partial charge on any atom is 0.495 e. The van der Waals surface area contributed by atoms with Gasteiger partial charge in [-0.1, -0.05) is 72.8 Å². The van der Waals surface area contributed by atoms with Crippen LogP contribution in [0.15, 0.2) is 84.9 Å². The van der Waals surface area contributed by atoms with Crippen molar-refractivity contribution in [2.75, 3.05) is 23.7 Å². The number of fused-ring (bicyclic) bond motifs is 1. The summed E-state index contributed by atoms with van der Waals surface area (Å²) in [7, 11) is 3.85. The maximum atomic E-state index is 6.67. The Morgan fingerprint density at radius 2 is 0.971 bits per heavy atom. The van der Waals surface area contributed by atoms with Gasteiger partial charge in [-0.15, -0.1) is 0 Å². The smallest absolute Gasteiger partial charge is 0.399 e. The number of para-hydroxylation sites is 2. The Balaban J connectivity index is 1.78. The van der Waals surface area contributed by atoms with Gasteiger partial charge in [-0.2, -0.15) is 0 Å². The third-order valence-electron chi connectivity index (χ3n) is 7.58. The van der Waals surface area contributed by atoms with Gasteiger partial charge in [-0.3, -0.25) is 0 Å². The summed E-state index contributed by atoms with van der Waals surface area (Å²) in [5, 5.41) is 0. The molecule has 0 bridgehead atoms. The van der Waals surface area contributed by atoms with Crippen LogP contribution in [0.25, 0.3) is 10.9 Å². The molecule has 6 heteroatoms. The maximum absolute atomic E-state index is 6.67. The Labute approximate surface area is 204 Å². The SMILES string of the molecule is CN1B(/C(=C(\B2OC(C)(C)C(C)(C)O2)c2ccccc2)c2ccccc2)N(C)c2ccccc21. The van der Waals surface area contributed by atoms with Crippen molar-refractivity contribution in [2.45, 2.75) is 38.9 Å². The van der Waals surface area contributed by atoms with E-state index >= 15 is 0 Å². The number of anilines is 2. The molecule has 2 aliphatic heterocycles. The highest BCUT2D eigenvalue weighted by Gasteiger charge is 2.54. The highest BCUT2D eigenvalue weighted by Crippen LogP contribution is 2.46. The van der Waals surface area contributed by atoms with Crippen molar-refractivity contribution in [3.05, 3.63) is 96.1 Å². The van der Waals surface area contributed by atoms with E-state index < -0.39 is 18.3 Å². The molecular formula is C28H32B2N2O2. The lowest BCUT2D eigenvalue weighted by Crippen LogP contribution is -2.47. The molecule has 0 aromatic heterocycles. The second-order valence-corrected chi connectivity index (χ2v) is 10.2. The van der Waals surface area contributed by atoms with Gasteiger partial charge in [0.1, 0.15) is 0 Å². The molecule has 1 fully saturated rings. The first-order chi connectivity index (χ1) is 16.2. The van der Waals surface area contributed by atoms with Gasteiger partial charge < -0.3 is 18.9 Å². The summed E-state index contributed by atoms with van der Waals surface area (Å²) in [6.45, 7) is 8.43. The Morgan fingerprint density at radius 3 is 1.41 bits per heavy atom. The van der Waals surface area contributed by atoms with E-state index in [0.29, 0.717) is 0 Å². The van der Waals surface area contributed by atoms with E-state index in [-0.39, 0.29) is 6.98 Å². The molecule has 0 spiro atoms. The van der Waals surface area contributed by atoms with Gasteiger partial charge in [0.25, 0.3) is 0 Å². The summed E-state index contributed by atoms with van der Waals surface area (Å²) in [4.78, 5) is 4.71. The molecule has 3 aromatic carbocycles. The van der Waals surface area contributed by atoms with E-state index in [9.17, 15) is 0 Å². The molecule has 4 nitrogen and oxygen atoms in total. The van der Waals surface area contributed by atoms with Gasteiger partial charge in [0.15, 0.2) is 0 Å². The third-order valence-corrected chi connectivity index (χ3v) is 7.58. The molecule has 172 valence electrons. The summed E-state index contributed by atoms with van der Waals surface area (Å²) in [6, 6.07) is 29.8. The van der Waals surface area contributed by atoms with Crippen molar-refractivity contribution in [3.63, 3.8) is 0 Å². The van der Waals surface area contributed by atoms with Crippen LogP contribution in [0.2, 0.25) is 0 Å². The Hall–Kier alpha value is -2.95. The molecule has 0 N–H and O–H groups in total. The quantitative estimate of drug-likeness (QED) is 0.368. The molecule has 0 atom stereocenters. The number of benzene rings is 3. The fourth-order valence-corrected chi connectivity index (χ4v) is 5.03. The minimum atomic E-state index is -0.492. The Morgan fingerprint density at radius 1 is 0.588 bits per heavy atom. The predicted molar refractivity (Wildman–Crippen MR) is 145 cm³/mol. The van der Waals surface area contributed by atoms with Crippen molar-refractivity contribution < 1.29 is 9.31 Å². The lowest BCUT2D eigenvalue weighted by Gasteiger charge is -2.32. The highest BCUT2D eigenvalue weighted by atomic mass is 16.7. The van der Waals surface area contributed by atoms with Crippen LogP contribution in [0.5, 0.6) is 0 Å². The van der Waals surface area contributed by atoms with Crippen LogP contribution in [0.4, 0.5) is 11.4 Å². The average molecular weight is 450 g/mol. The van der Waals surface area contributed by atoms with Crippen LogP contribution >= 0.6 is 0 Å². The van der Waals surface area contributed by atoms with Crippen LogP contribution in [0, 0.1) is 0 Å². The summed E-state index contributed by atoms with van der Waals surface area (Å²) in [6.07, 6.45) is 0. The summed E-state index contributed by atoms with van der Waals surface area (Å²) < 4.78 is 13.3. The monoisotopic (exact) mass is 450 g/mol. The van der Waals surface area contributed by atoms with E-state index in [0.717, 1.165) is 16.6 Å². The highest BCUT2D eigenvalue weighted by molar-refractivity contribution is 6.92. The van der Waals surface area contributed by atoms with Crippen molar-refractivity contribution >= 4 is 36.4 Å². The summed E-state index contributed by atoms with van der Waals surface area (Å²) >= 11 is 0. The van der Waals surface area contributed by atoms with Crippen LogP contribution < -0.4 is 9.62 Å². The second-order valence-electron chi connectivity index (χ2n) is 10.2. The molecule has 3 aromatic rings. The standard InChI is InChI=1S/C28H32B2N2O2/c1-27(2)28(3,4)34-30(33-27)26(22-17-11-8-12-18-22)25(21-15-9-7-10-16-21)29-31(5)23-19-13-14-20-24(23)32(29)6/h7-20H,1-6H3/b26-25-.